The maximum Gasteiger partial charge on any atom is 0.271 e. The number of benzene rings is 1. The number of nitrogens with zero attached hydrogens (tertiary/aromatic N) is 1. The first-order chi connectivity index (χ1) is 13.7. The standard InChI is InChI=1S/C19H18ClN3O4S2/c1-11-4-5-14(10-16(11)20)23-29(25,26)18-9-7-15(28-18)6-8-17-19(21-13(3)24)12(2)22-27-17/h4-10,23H,1-3H3,(H,21,24). The van der Waals surface area contributed by atoms with Crippen molar-refractivity contribution in [2.24, 2.45) is 0 Å². The van der Waals surface area contributed by atoms with Crippen LogP contribution in [0.2, 0.25) is 5.02 Å². The molecule has 2 aromatic heterocycles. The van der Waals surface area contributed by atoms with Gasteiger partial charge in [-0.3, -0.25) is 9.52 Å². The van der Waals surface area contributed by atoms with Gasteiger partial charge in [0.05, 0.1) is 5.69 Å². The van der Waals surface area contributed by atoms with Crippen molar-refractivity contribution in [1.29, 1.82) is 0 Å². The molecule has 29 heavy (non-hydrogen) atoms. The average molecular weight is 452 g/mol. The summed E-state index contributed by atoms with van der Waals surface area (Å²) in [7, 11) is -3.74. The van der Waals surface area contributed by atoms with Crippen LogP contribution in [0.4, 0.5) is 11.4 Å². The van der Waals surface area contributed by atoms with E-state index in [1.54, 1.807) is 43.3 Å². The lowest BCUT2D eigenvalue weighted by Gasteiger charge is -2.07. The van der Waals surface area contributed by atoms with Crippen molar-refractivity contribution in [2.75, 3.05) is 10.0 Å². The topological polar surface area (TPSA) is 101 Å². The number of nitrogens with one attached hydrogen (secondary N) is 2. The van der Waals surface area contributed by atoms with E-state index in [-0.39, 0.29) is 10.1 Å². The number of hydrogen-bond donors (Lipinski definition) is 2. The normalized spacial score (nSPS) is 11.7. The molecule has 7 nitrogen and oxygen atoms in total. The van der Waals surface area contributed by atoms with E-state index in [1.807, 2.05) is 6.92 Å². The monoisotopic (exact) mass is 451 g/mol. The van der Waals surface area contributed by atoms with Crippen LogP contribution in [0.5, 0.6) is 0 Å². The molecule has 0 fully saturated rings. The van der Waals surface area contributed by atoms with Crippen molar-refractivity contribution in [3.05, 3.63) is 57.2 Å². The highest BCUT2D eigenvalue weighted by molar-refractivity contribution is 7.94. The fourth-order valence-electron chi connectivity index (χ4n) is 2.42. The minimum Gasteiger partial charge on any atom is -0.354 e. The zero-order valence-corrected chi connectivity index (χ0v) is 18.2. The molecule has 0 bridgehead atoms. The van der Waals surface area contributed by atoms with Gasteiger partial charge in [0.2, 0.25) is 5.91 Å². The molecule has 0 atom stereocenters. The second-order valence-corrected chi connectivity index (χ2v) is 9.68. The summed E-state index contributed by atoms with van der Waals surface area (Å²) in [5, 5.41) is 6.98. The number of aryl methyl sites for hydroxylation is 2. The summed E-state index contributed by atoms with van der Waals surface area (Å²) < 4.78 is 33.1. The molecule has 2 N–H and O–H groups in total. The van der Waals surface area contributed by atoms with Gasteiger partial charge in [0.15, 0.2) is 5.76 Å². The van der Waals surface area contributed by atoms with Crippen molar-refractivity contribution in [1.82, 2.24) is 5.16 Å². The molecule has 0 radical (unpaired) electrons. The molecule has 0 unspecified atom stereocenters. The number of aromatic nitrogens is 1. The fraction of sp³-hybridized carbons (Fsp3) is 0.158. The van der Waals surface area contributed by atoms with E-state index in [0.29, 0.717) is 32.7 Å². The molecule has 2 heterocycles. The van der Waals surface area contributed by atoms with Gasteiger partial charge in [-0.25, -0.2) is 8.42 Å². The maximum atomic E-state index is 12.6. The van der Waals surface area contributed by atoms with Crippen molar-refractivity contribution in [2.45, 2.75) is 25.0 Å². The fourth-order valence-corrected chi connectivity index (χ4v) is 4.88. The summed E-state index contributed by atoms with van der Waals surface area (Å²) in [6, 6.07) is 8.17. The summed E-state index contributed by atoms with van der Waals surface area (Å²) in [6.45, 7) is 4.95. The second kappa shape index (κ2) is 8.40. The lowest BCUT2D eigenvalue weighted by Crippen LogP contribution is -2.11. The molecule has 3 aromatic rings. The van der Waals surface area contributed by atoms with Crippen LogP contribution in [-0.4, -0.2) is 19.5 Å². The van der Waals surface area contributed by atoms with Crippen molar-refractivity contribution < 1.29 is 17.7 Å². The van der Waals surface area contributed by atoms with Crippen molar-refractivity contribution >= 4 is 62.4 Å². The van der Waals surface area contributed by atoms with Crippen LogP contribution in [0, 0.1) is 13.8 Å². The average Bonchev–Trinajstić information content (AvgIpc) is 3.24. The molecule has 152 valence electrons. The smallest absolute Gasteiger partial charge is 0.271 e. The Morgan fingerprint density at radius 1 is 1.21 bits per heavy atom. The lowest BCUT2D eigenvalue weighted by atomic mass is 10.2. The third-order valence-electron chi connectivity index (χ3n) is 3.88. The molecule has 0 aliphatic carbocycles. The molecule has 3 rings (SSSR count). The van der Waals surface area contributed by atoms with Gasteiger partial charge in [0.1, 0.15) is 15.6 Å². The van der Waals surface area contributed by atoms with Crippen LogP contribution < -0.4 is 10.0 Å². The number of rotatable bonds is 6. The Morgan fingerprint density at radius 3 is 2.66 bits per heavy atom. The van der Waals surface area contributed by atoms with Crippen LogP contribution >= 0.6 is 22.9 Å². The lowest BCUT2D eigenvalue weighted by molar-refractivity contribution is -0.114. The van der Waals surface area contributed by atoms with Crippen LogP contribution in [0.25, 0.3) is 12.2 Å². The maximum absolute atomic E-state index is 12.6. The molecule has 10 heteroatoms. The predicted octanol–water partition coefficient (Wildman–Crippen LogP) is 4.94. The number of halogens is 1. The SMILES string of the molecule is CC(=O)Nc1c(C)noc1C=Cc1ccc(S(=O)(=O)Nc2ccc(C)c(Cl)c2)s1. The molecule has 0 aliphatic rings. The van der Waals surface area contributed by atoms with Gasteiger partial charge in [0.25, 0.3) is 10.0 Å². The van der Waals surface area contributed by atoms with Gasteiger partial charge >= 0.3 is 0 Å². The van der Waals surface area contributed by atoms with Gasteiger partial charge in [-0.2, -0.15) is 0 Å². The van der Waals surface area contributed by atoms with Gasteiger partial charge in [-0.05, 0) is 55.8 Å². The van der Waals surface area contributed by atoms with Crippen LogP contribution in [0.15, 0.2) is 39.1 Å². The zero-order chi connectivity index (χ0) is 21.2. The summed E-state index contributed by atoms with van der Waals surface area (Å²) in [5.74, 6) is 0.140. The summed E-state index contributed by atoms with van der Waals surface area (Å²) in [4.78, 5) is 12.0. The predicted molar refractivity (Wildman–Crippen MR) is 116 cm³/mol. The van der Waals surface area contributed by atoms with Crippen molar-refractivity contribution in [3.63, 3.8) is 0 Å². The van der Waals surface area contributed by atoms with E-state index < -0.39 is 10.0 Å². The van der Waals surface area contributed by atoms with Gasteiger partial charge < -0.3 is 9.84 Å². The van der Waals surface area contributed by atoms with Crippen LogP contribution in [0.1, 0.15) is 28.8 Å². The van der Waals surface area contributed by atoms with E-state index >= 15 is 0 Å². The number of thiophene rings is 1. The summed E-state index contributed by atoms with van der Waals surface area (Å²) in [5.41, 5.74) is 2.29. The Kier molecular flexibility index (Phi) is 6.11. The van der Waals surface area contributed by atoms with Crippen LogP contribution in [-0.2, 0) is 14.8 Å². The number of carbonyl (C=O) groups excluding carboxylic acids is 1. The third kappa shape index (κ3) is 5.06. The number of sulfonamides is 1. The molecular formula is C19H18ClN3O4S2. The third-order valence-corrected chi connectivity index (χ3v) is 7.21. The molecule has 1 aromatic carbocycles. The molecule has 1 amide bonds. The number of carbonyl (C=O) groups is 1. The highest BCUT2D eigenvalue weighted by Crippen LogP contribution is 2.28. The van der Waals surface area contributed by atoms with Gasteiger partial charge in [-0.15, -0.1) is 11.3 Å². The Bertz CT molecular complexity index is 1200. The second-order valence-electron chi connectivity index (χ2n) is 6.25. The van der Waals surface area contributed by atoms with E-state index in [1.165, 1.54) is 13.0 Å². The van der Waals surface area contributed by atoms with E-state index in [2.05, 4.69) is 15.2 Å². The highest BCUT2D eigenvalue weighted by Gasteiger charge is 2.17. The number of anilines is 2. The quantitative estimate of drug-likeness (QED) is 0.553. The molecule has 0 aliphatic heterocycles. The summed E-state index contributed by atoms with van der Waals surface area (Å²) in [6.07, 6.45) is 3.32. The van der Waals surface area contributed by atoms with E-state index in [4.69, 9.17) is 16.1 Å². The number of amides is 1. The Morgan fingerprint density at radius 2 is 1.97 bits per heavy atom. The first-order valence-corrected chi connectivity index (χ1v) is 11.1. The Hall–Kier alpha value is -2.62. The minimum atomic E-state index is -3.74. The van der Waals surface area contributed by atoms with E-state index in [9.17, 15) is 13.2 Å². The van der Waals surface area contributed by atoms with Gasteiger partial charge in [-0.1, -0.05) is 22.8 Å². The van der Waals surface area contributed by atoms with Crippen molar-refractivity contribution in [3.8, 4) is 0 Å². The number of hydrogen-bond acceptors (Lipinski definition) is 6. The molecule has 0 saturated heterocycles. The Labute approximate surface area is 177 Å². The first-order valence-electron chi connectivity index (χ1n) is 8.46. The summed E-state index contributed by atoms with van der Waals surface area (Å²) >= 11 is 7.15. The molecular weight excluding hydrogens is 434 g/mol. The first kappa shape index (κ1) is 21.1. The van der Waals surface area contributed by atoms with E-state index in [0.717, 1.165) is 16.9 Å². The molecule has 0 saturated carbocycles. The van der Waals surface area contributed by atoms with Crippen LogP contribution in [0.3, 0.4) is 0 Å². The Balaban J connectivity index is 1.79. The highest BCUT2D eigenvalue weighted by atomic mass is 35.5. The largest absolute Gasteiger partial charge is 0.354 e. The molecule has 0 spiro atoms. The minimum absolute atomic E-state index is 0.157. The van der Waals surface area contributed by atoms with Gasteiger partial charge in [0, 0.05) is 16.8 Å². The zero-order valence-electron chi connectivity index (χ0n) is 15.8.